The third kappa shape index (κ3) is 2.61. The summed E-state index contributed by atoms with van der Waals surface area (Å²) in [6.07, 6.45) is 3.40. The van der Waals surface area contributed by atoms with E-state index in [9.17, 15) is 8.78 Å². The van der Waals surface area contributed by atoms with Crippen LogP contribution in [-0.2, 0) is 5.41 Å². The average Bonchev–Trinajstić information content (AvgIpc) is 3.34. The Balaban J connectivity index is 1.67. The highest BCUT2D eigenvalue weighted by atomic mass is 19.1. The lowest BCUT2D eigenvalue weighted by molar-refractivity contribution is 0.567. The van der Waals surface area contributed by atoms with Crippen LogP contribution in [0.4, 0.5) is 8.78 Å². The first-order valence-corrected chi connectivity index (χ1v) is 10.0. The first-order chi connectivity index (χ1) is 13.3. The Morgan fingerprint density at radius 3 is 2.36 bits per heavy atom. The summed E-state index contributed by atoms with van der Waals surface area (Å²) in [5, 5.41) is 4.85. The fraction of sp³-hybridized carbons (Fsp3) is 0.375. The van der Waals surface area contributed by atoms with E-state index >= 15 is 0 Å². The van der Waals surface area contributed by atoms with Gasteiger partial charge in [-0.25, -0.2) is 13.5 Å². The summed E-state index contributed by atoms with van der Waals surface area (Å²) in [7, 11) is 0. The number of hydrogen-bond donors (Lipinski definition) is 0. The molecule has 2 aromatic carbocycles. The first-order valence-electron chi connectivity index (χ1n) is 10.0. The van der Waals surface area contributed by atoms with Crippen LogP contribution in [0.2, 0.25) is 0 Å². The van der Waals surface area contributed by atoms with Gasteiger partial charge in [0.25, 0.3) is 0 Å². The highest BCUT2D eigenvalue weighted by Crippen LogP contribution is 2.56. The third-order valence-electron chi connectivity index (χ3n) is 6.35. The van der Waals surface area contributed by atoms with Crippen molar-refractivity contribution in [1.29, 1.82) is 0 Å². The van der Waals surface area contributed by atoms with Crippen LogP contribution in [0.3, 0.4) is 0 Å². The van der Waals surface area contributed by atoms with E-state index in [4.69, 9.17) is 5.10 Å². The minimum absolute atomic E-state index is 0.0934. The van der Waals surface area contributed by atoms with Crippen molar-refractivity contribution in [2.24, 2.45) is 0 Å². The van der Waals surface area contributed by atoms with Gasteiger partial charge in [-0.1, -0.05) is 45.0 Å². The molecule has 2 bridgehead atoms. The molecule has 0 spiro atoms. The van der Waals surface area contributed by atoms with E-state index in [2.05, 4.69) is 45.0 Å². The van der Waals surface area contributed by atoms with E-state index in [1.807, 2.05) is 0 Å². The molecule has 2 unspecified atom stereocenters. The molecular weight excluding hydrogens is 354 g/mol. The predicted molar refractivity (Wildman–Crippen MR) is 107 cm³/mol. The zero-order valence-electron chi connectivity index (χ0n) is 16.5. The van der Waals surface area contributed by atoms with Crippen molar-refractivity contribution in [3.8, 4) is 16.9 Å². The second kappa shape index (κ2) is 6.00. The molecule has 28 heavy (non-hydrogen) atoms. The molecule has 1 fully saturated rings. The zero-order valence-corrected chi connectivity index (χ0v) is 16.5. The Morgan fingerprint density at radius 2 is 1.68 bits per heavy atom. The van der Waals surface area contributed by atoms with Crippen molar-refractivity contribution in [3.05, 3.63) is 70.9 Å². The molecule has 0 radical (unpaired) electrons. The largest absolute Gasteiger partial charge is 0.234 e. The van der Waals surface area contributed by atoms with Gasteiger partial charge in [0.2, 0.25) is 0 Å². The number of nitrogens with zero attached hydrogens (tertiary/aromatic N) is 2. The van der Waals surface area contributed by atoms with E-state index < -0.39 is 11.6 Å². The fourth-order valence-electron chi connectivity index (χ4n) is 4.91. The summed E-state index contributed by atoms with van der Waals surface area (Å²) in [4.78, 5) is 0. The molecular formula is C24H24F2N2. The molecule has 3 aromatic rings. The van der Waals surface area contributed by atoms with Gasteiger partial charge in [-0.15, -0.1) is 0 Å². The van der Waals surface area contributed by atoms with Gasteiger partial charge in [-0.3, -0.25) is 0 Å². The Bertz CT molecular complexity index is 1060. The van der Waals surface area contributed by atoms with Crippen LogP contribution >= 0.6 is 0 Å². The van der Waals surface area contributed by atoms with Crippen LogP contribution < -0.4 is 0 Å². The van der Waals surface area contributed by atoms with Crippen molar-refractivity contribution in [2.75, 3.05) is 0 Å². The predicted octanol–water partition coefficient (Wildman–Crippen LogP) is 6.48. The van der Waals surface area contributed by atoms with Gasteiger partial charge in [-0.05, 0) is 48.3 Å². The van der Waals surface area contributed by atoms with Gasteiger partial charge in [0.1, 0.15) is 11.5 Å². The molecule has 1 aromatic heterocycles. The normalized spacial score (nSPS) is 20.6. The smallest absolute Gasteiger partial charge is 0.151 e. The molecule has 2 aliphatic rings. The monoisotopic (exact) mass is 378 g/mol. The molecule has 1 heterocycles. The maximum absolute atomic E-state index is 14.5. The molecule has 5 rings (SSSR count). The first kappa shape index (κ1) is 17.6. The highest BCUT2D eigenvalue weighted by molar-refractivity contribution is 5.68. The highest BCUT2D eigenvalue weighted by Gasteiger charge is 2.43. The standard InChI is InChI=1S/C24H24F2N2/c1-24(2,3)17-8-6-14(7-9-17)22-21-15-4-5-16(12-15)23(21)28(27-22)20-11-10-18(25)13-19(20)26/h6-11,13,15-16H,4-5,12H2,1-3H3. The van der Waals surface area contributed by atoms with Crippen molar-refractivity contribution in [3.63, 3.8) is 0 Å². The van der Waals surface area contributed by atoms with Crippen LogP contribution in [-0.4, -0.2) is 9.78 Å². The van der Waals surface area contributed by atoms with Gasteiger partial charge in [0.15, 0.2) is 5.82 Å². The summed E-state index contributed by atoms with van der Waals surface area (Å²) >= 11 is 0. The van der Waals surface area contributed by atoms with Crippen molar-refractivity contribution < 1.29 is 8.78 Å². The van der Waals surface area contributed by atoms with E-state index in [1.165, 1.54) is 29.7 Å². The lowest BCUT2D eigenvalue weighted by atomic mass is 9.86. The molecule has 2 aliphatic carbocycles. The molecule has 1 saturated carbocycles. The van der Waals surface area contributed by atoms with E-state index in [-0.39, 0.29) is 5.41 Å². The molecule has 4 heteroatoms. The molecule has 0 N–H and O–H groups in total. The van der Waals surface area contributed by atoms with Crippen molar-refractivity contribution in [1.82, 2.24) is 9.78 Å². The van der Waals surface area contributed by atoms with Crippen LogP contribution in [0.1, 0.15) is 68.7 Å². The van der Waals surface area contributed by atoms with Crippen molar-refractivity contribution in [2.45, 2.75) is 57.3 Å². The molecule has 2 nitrogen and oxygen atoms in total. The number of benzene rings is 2. The SMILES string of the molecule is CC(C)(C)c1ccc(-c2nn(-c3ccc(F)cc3F)c3c2C2CCC3C2)cc1. The summed E-state index contributed by atoms with van der Waals surface area (Å²) in [6, 6.07) is 12.3. The van der Waals surface area contributed by atoms with E-state index in [0.29, 0.717) is 17.5 Å². The lowest BCUT2D eigenvalue weighted by Crippen LogP contribution is -2.10. The number of halogens is 2. The van der Waals surface area contributed by atoms with Gasteiger partial charge >= 0.3 is 0 Å². The Hall–Kier alpha value is -2.49. The molecule has 0 amide bonds. The van der Waals surface area contributed by atoms with Crippen LogP contribution in [0.5, 0.6) is 0 Å². The molecule has 0 saturated heterocycles. The van der Waals surface area contributed by atoms with Gasteiger partial charge in [0, 0.05) is 23.1 Å². The number of rotatable bonds is 2. The molecule has 0 aliphatic heterocycles. The minimum atomic E-state index is -0.567. The Morgan fingerprint density at radius 1 is 0.964 bits per heavy atom. The van der Waals surface area contributed by atoms with E-state index in [1.54, 1.807) is 4.68 Å². The van der Waals surface area contributed by atoms with E-state index in [0.717, 1.165) is 35.9 Å². The number of fused-ring (bicyclic) bond motifs is 5. The summed E-state index contributed by atoms with van der Waals surface area (Å²) in [6.45, 7) is 6.60. The minimum Gasteiger partial charge on any atom is -0.234 e. The Labute approximate surface area is 164 Å². The zero-order chi connectivity index (χ0) is 19.6. The second-order valence-corrected chi connectivity index (χ2v) is 9.19. The second-order valence-electron chi connectivity index (χ2n) is 9.19. The fourth-order valence-corrected chi connectivity index (χ4v) is 4.91. The van der Waals surface area contributed by atoms with Crippen LogP contribution in [0, 0.1) is 11.6 Å². The third-order valence-corrected chi connectivity index (χ3v) is 6.35. The van der Waals surface area contributed by atoms with Crippen LogP contribution in [0.15, 0.2) is 42.5 Å². The molecule has 144 valence electrons. The average molecular weight is 378 g/mol. The number of aromatic nitrogens is 2. The van der Waals surface area contributed by atoms with Gasteiger partial charge < -0.3 is 0 Å². The maximum atomic E-state index is 14.5. The van der Waals surface area contributed by atoms with Gasteiger partial charge in [-0.2, -0.15) is 5.10 Å². The Kier molecular flexibility index (Phi) is 3.77. The summed E-state index contributed by atoms with van der Waals surface area (Å²) in [5.74, 6) is -0.221. The molecule has 2 atom stereocenters. The van der Waals surface area contributed by atoms with Crippen molar-refractivity contribution >= 4 is 0 Å². The topological polar surface area (TPSA) is 17.8 Å². The number of hydrogen-bond acceptors (Lipinski definition) is 1. The summed E-state index contributed by atoms with van der Waals surface area (Å²) < 4.78 is 29.7. The quantitative estimate of drug-likeness (QED) is 0.499. The lowest BCUT2D eigenvalue weighted by Gasteiger charge is -2.19. The van der Waals surface area contributed by atoms with Gasteiger partial charge in [0.05, 0.1) is 11.4 Å². The maximum Gasteiger partial charge on any atom is 0.151 e. The van der Waals surface area contributed by atoms with Crippen LogP contribution in [0.25, 0.3) is 16.9 Å². The summed E-state index contributed by atoms with van der Waals surface area (Å²) in [5.41, 5.74) is 6.11.